The molecule has 0 N–H and O–H groups in total. The molecule has 0 heterocycles. The van der Waals surface area contributed by atoms with Crippen molar-refractivity contribution in [3.63, 3.8) is 0 Å². The maximum atomic E-state index is 6.32. The predicted octanol–water partition coefficient (Wildman–Crippen LogP) is 5.45. The molecule has 2 rings (SSSR count). The van der Waals surface area contributed by atoms with Crippen LogP contribution in [-0.4, -0.2) is 7.11 Å². The van der Waals surface area contributed by atoms with Crippen molar-refractivity contribution in [3.05, 3.63) is 63.7 Å². The first kappa shape index (κ1) is 14.4. The first-order valence-corrected chi connectivity index (χ1v) is 7.37. The van der Waals surface area contributed by atoms with Crippen molar-refractivity contribution in [3.8, 4) is 5.75 Å². The summed E-state index contributed by atoms with van der Waals surface area (Å²) in [6, 6.07) is 12.3. The topological polar surface area (TPSA) is 9.23 Å². The molecule has 3 heteroatoms. The minimum absolute atomic E-state index is 0.0882. The van der Waals surface area contributed by atoms with Gasteiger partial charge in [0.05, 0.1) is 11.9 Å². The van der Waals surface area contributed by atoms with Crippen molar-refractivity contribution >= 4 is 27.5 Å². The van der Waals surface area contributed by atoms with Crippen LogP contribution in [0.1, 0.15) is 27.1 Å². The monoisotopic (exact) mass is 338 g/mol. The Balaban J connectivity index is 2.38. The van der Waals surface area contributed by atoms with Crippen LogP contribution in [0.3, 0.4) is 0 Å². The maximum Gasteiger partial charge on any atom is 0.121 e. The Hall–Kier alpha value is -0.990. The normalized spacial score (nSPS) is 12.3. The number of hydrogen-bond donors (Lipinski definition) is 0. The molecule has 0 saturated carbocycles. The molecule has 1 unspecified atom stereocenters. The fourth-order valence-corrected chi connectivity index (χ4v) is 3.24. The average Bonchev–Trinajstić information content (AvgIpc) is 2.38. The summed E-state index contributed by atoms with van der Waals surface area (Å²) in [5.74, 6) is 0.901. The van der Waals surface area contributed by atoms with Crippen LogP contribution in [0.15, 0.2) is 36.4 Å². The van der Waals surface area contributed by atoms with Crippen LogP contribution in [0, 0.1) is 13.8 Å². The fraction of sp³-hybridized carbons (Fsp3) is 0.250. The number of hydrogen-bond acceptors (Lipinski definition) is 1. The zero-order valence-corrected chi connectivity index (χ0v) is 13.5. The van der Waals surface area contributed by atoms with E-state index in [1.807, 2.05) is 26.0 Å². The van der Waals surface area contributed by atoms with Gasteiger partial charge in [0.15, 0.2) is 0 Å². The second-order valence-corrected chi connectivity index (χ2v) is 5.94. The Bertz CT molecular complexity index is 595. The van der Waals surface area contributed by atoms with E-state index in [4.69, 9.17) is 16.3 Å². The molecule has 0 amide bonds. The van der Waals surface area contributed by atoms with E-state index in [0.29, 0.717) is 0 Å². The minimum atomic E-state index is 0.0882. The Morgan fingerprint density at radius 2 is 1.84 bits per heavy atom. The van der Waals surface area contributed by atoms with Crippen molar-refractivity contribution in [1.82, 2.24) is 0 Å². The number of halogens is 2. The molecule has 1 atom stereocenters. The van der Waals surface area contributed by atoms with Gasteiger partial charge in [0.25, 0.3) is 0 Å². The predicted molar refractivity (Wildman–Crippen MR) is 84.7 cm³/mol. The van der Waals surface area contributed by atoms with E-state index in [2.05, 4.69) is 40.2 Å². The summed E-state index contributed by atoms with van der Waals surface area (Å²) in [6.07, 6.45) is 0. The van der Waals surface area contributed by atoms with Gasteiger partial charge in [-0.3, -0.25) is 0 Å². The third kappa shape index (κ3) is 3.13. The van der Waals surface area contributed by atoms with Crippen LogP contribution in [0.25, 0.3) is 0 Å². The van der Waals surface area contributed by atoms with E-state index in [1.165, 1.54) is 11.1 Å². The summed E-state index contributed by atoms with van der Waals surface area (Å²) < 4.78 is 5.28. The summed E-state index contributed by atoms with van der Waals surface area (Å²) in [5, 5.41) is 0.787. The lowest BCUT2D eigenvalue weighted by atomic mass is 10.0. The number of benzene rings is 2. The molecule has 2 aromatic carbocycles. The van der Waals surface area contributed by atoms with Gasteiger partial charge in [-0.1, -0.05) is 51.8 Å². The highest BCUT2D eigenvalue weighted by molar-refractivity contribution is 9.09. The maximum absolute atomic E-state index is 6.32. The van der Waals surface area contributed by atoms with E-state index in [-0.39, 0.29) is 4.83 Å². The molecule has 0 spiro atoms. The molecule has 0 aliphatic carbocycles. The smallest absolute Gasteiger partial charge is 0.121 e. The van der Waals surface area contributed by atoms with E-state index < -0.39 is 0 Å². The van der Waals surface area contributed by atoms with Crippen LogP contribution in [-0.2, 0) is 0 Å². The van der Waals surface area contributed by atoms with Crippen LogP contribution in [0.5, 0.6) is 5.75 Å². The third-order valence-corrected chi connectivity index (χ3v) is 4.49. The molecular weight excluding hydrogens is 324 g/mol. The van der Waals surface area contributed by atoms with Gasteiger partial charge >= 0.3 is 0 Å². The molecule has 0 fully saturated rings. The molecule has 2 aromatic rings. The summed E-state index contributed by atoms with van der Waals surface area (Å²) in [5.41, 5.74) is 4.54. The Morgan fingerprint density at radius 3 is 2.42 bits per heavy atom. The zero-order valence-electron chi connectivity index (χ0n) is 11.2. The van der Waals surface area contributed by atoms with E-state index >= 15 is 0 Å². The highest BCUT2D eigenvalue weighted by atomic mass is 79.9. The summed E-state index contributed by atoms with van der Waals surface area (Å²) in [7, 11) is 1.68. The molecule has 0 aliphatic rings. The number of ether oxygens (including phenoxy) is 1. The van der Waals surface area contributed by atoms with Crippen LogP contribution in [0.2, 0.25) is 5.02 Å². The number of aryl methyl sites for hydroxylation is 2. The van der Waals surface area contributed by atoms with E-state index in [0.717, 1.165) is 21.9 Å². The van der Waals surface area contributed by atoms with Crippen LogP contribution >= 0.6 is 27.5 Å². The minimum Gasteiger partial charge on any atom is -0.496 e. The quantitative estimate of drug-likeness (QED) is 0.676. The Labute approximate surface area is 127 Å². The van der Waals surface area contributed by atoms with Gasteiger partial charge in [-0.2, -0.15) is 0 Å². The van der Waals surface area contributed by atoms with Gasteiger partial charge in [0.1, 0.15) is 5.75 Å². The lowest BCUT2D eigenvalue weighted by Gasteiger charge is -2.15. The number of rotatable bonds is 3. The standard InChI is InChI=1S/C16H16BrClO/c1-10-4-6-13(14(18)8-10)16(17)12-5-7-15(19-3)11(2)9-12/h4-9,16H,1-3H3. The molecule has 0 saturated heterocycles. The molecular formula is C16H16BrClO. The van der Waals surface area contributed by atoms with Crippen molar-refractivity contribution in [2.24, 2.45) is 0 Å². The first-order chi connectivity index (χ1) is 9.02. The SMILES string of the molecule is COc1ccc(C(Br)c2ccc(C)cc2Cl)cc1C. The average molecular weight is 340 g/mol. The Kier molecular flexibility index (Phi) is 4.54. The van der Waals surface area contributed by atoms with Gasteiger partial charge in [0.2, 0.25) is 0 Å². The third-order valence-electron chi connectivity index (χ3n) is 3.14. The van der Waals surface area contributed by atoms with Gasteiger partial charge in [-0.25, -0.2) is 0 Å². The van der Waals surface area contributed by atoms with Crippen molar-refractivity contribution in [2.75, 3.05) is 7.11 Å². The van der Waals surface area contributed by atoms with Crippen molar-refractivity contribution < 1.29 is 4.74 Å². The summed E-state index contributed by atoms with van der Waals surface area (Å²) in [4.78, 5) is 0.0882. The highest BCUT2D eigenvalue weighted by Crippen LogP contribution is 2.37. The molecule has 100 valence electrons. The van der Waals surface area contributed by atoms with Crippen LogP contribution < -0.4 is 4.74 Å². The second kappa shape index (κ2) is 5.98. The Morgan fingerprint density at radius 1 is 1.11 bits per heavy atom. The van der Waals surface area contributed by atoms with Gasteiger partial charge in [0, 0.05) is 5.02 Å². The molecule has 0 bridgehead atoms. The van der Waals surface area contributed by atoms with E-state index in [9.17, 15) is 0 Å². The molecule has 0 radical (unpaired) electrons. The largest absolute Gasteiger partial charge is 0.496 e. The van der Waals surface area contributed by atoms with Crippen molar-refractivity contribution in [2.45, 2.75) is 18.7 Å². The summed E-state index contributed by atoms with van der Waals surface area (Å²) in [6.45, 7) is 4.08. The molecule has 1 nitrogen and oxygen atoms in total. The lowest BCUT2D eigenvalue weighted by molar-refractivity contribution is 0.411. The van der Waals surface area contributed by atoms with Gasteiger partial charge in [-0.15, -0.1) is 0 Å². The molecule has 0 aliphatic heterocycles. The van der Waals surface area contributed by atoms with Gasteiger partial charge < -0.3 is 4.74 Å². The van der Waals surface area contributed by atoms with E-state index in [1.54, 1.807) is 7.11 Å². The fourth-order valence-electron chi connectivity index (χ4n) is 2.08. The summed E-state index contributed by atoms with van der Waals surface area (Å²) >= 11 is 10.0. The first-order valence-electron chi connectivity index (χ1n) is 6.07. The molecule has 0 aromatic heterocycles. The lowest BCUT2D eigenvalue weighted by Crippen LogP contribution is -1.96. The van der Waals surface area contributed by atoms with Crippen LogP contribution in [0.4, 0.5) is 0 Å². The number of alkyl halides is 1. The second-order valence-electron chi connectivity index (χ2n) is 4.62. The van der Waals surface area contributed by atoms with Crippen molar-refractivity contribution in [1.29, 1.82) is 0 Å². The molecule has 19 heavy (non-hydrogen) atoms. The number of methoxy groups -OCH3 is 1. The van der Waals surface area contributed by atoms with Gasteiger partial charge in [-0.05, 0) is 48.2 Å². The zero-order chi connectivity index (χ0) is 14.0. The highest BCUT2D eigenvalue weighted by Gasteiger charge is 2.14.